The molecule has 0 radical (unpaired) electrons. The van der Waals surface area contributed by atoms with Gasteiger partial charge in [0.25, 0.3) is 11.8 Å². The molecule has 0 fully saturated rings. The van der Waals surface area contributed by atoms with Crippen molar-refractivity contribution >= 4 is 61.4 Å². The zero-order valence-corrected chi connectivity index (χ0v) is 17.7. The number of nitrogens with two attached hydrogens (primary N) is 1. The summed E-state index contributed by atoms with van der Waals surface area (Å²) in [6.45, 7) is 6.11. The first-order valence-corrected chi connectivity index (χ1v) is 9.70. The van der Waals surface area contributed by atoms with E-state index in [0.29, 0.717) is 33.0 Å². The summed E-state index contributed by atoms with van der Waals surface area (Å²) >= 11 is 9.91. The van der Waals surface area contributed by atoms with Crippen LogP contribution in [-0.4, -0.2) is 23.5 Å². The summed E-state index contributed by atoms with van der Waals surface area (Å²) < 4.78 is 6.09. The number of aryl methyl sites for hydroxylation is 1. The lowest BCUT2D eigenvalue weighted by molar-refractivity contribution is 0.0975. The van der Waals surface area contributed by atoms with Gasteiger partial charge in [0.05, 0.1) is 16.6 Å². The second-order valence-electron chi connectivity index (χ2n) is 5.34. The summed E-state index contributed by atoms with van der Waals surface area (Å²) in [4.78, 5) is 25.0. The second-order valence-corrected chi connectivity index (χ2v) is 7.83. The van der Waals surface area contributed by atoms with Gasteiger partial charge in [-0.15, -0.1) is 11.3 Å². The van der Waals surface area contributed by atoms with Crippen molar-refractivity contribution in [1.82, 2.24) is 5.32 Å². The number of ether oxygens (including phenoxy) is 1. The molecule has 2 rings (SSSR count). The average molecular weight is 456 g/mol. The normalized spacial score (nSPS) is 10.3. The van der Waals surface area contributed by atoms with Gasteiger partial charge < -0.3 is 15.8 Å². The van der Waals surface area contributed by atoms with Crippen LogP contribution >= 0.6 is 39.5 Å². The molecule has 4 N–H and O–H groups in total. The molecule has 0 bridgehead atoms. The summed E-state index contributed by atoms with van der Waals surface area (Å²) in [7, 11) is 0. The van der Waals surface area contributed by atoms with Crippen molar-refractivity contribution < 1.29 is 14.3 Å². The van der Waals surface area contributed by atoms with E-state index in [1.807, 2.05) is 20.8 Å². The zero-order chi connectivity index (χ0) is 19.4. The summed E-state index contributed by atoms with van der Waals surface area (Å²) in [6, 6.07) is 5.00. The van der Waals surface area contributed by atoms with E-state index in [1.54, 1.807) is 18.2 Å². The molecule has 1 aromatic heterocycles. The van der Waals surface area contributed by atoms with Crippen molar-refractivity contribution in [3.63, 3.8) is 0 Å². The van der Waals surface area contributed by atoms with Crippen molar-refractivity contribution in [2.75, 3.05) is 11.9 Å². The van der Waals surface area contributed by atoms with E-state index in [9.17, 15) is 9.59 Å². The van der Waals surface area contributed by atoms with E-state index in [4.69, 9.17) is 22.7 Å². The molecule has 0 aliphatic heterocycles. The Kier molecular flexibility index (Phi) is 6.74. The van der Waals surface area contributed by atoms with Gasteiger partial charge in [-0.05, 0) is 72.7 Å². The largest absolute Gasteiger partial charge is 0.493 e. The molecule has 6 nitrogen and oxygen atoms in total. The van der Waals surface area contributed by atoms with Gasteiger partial charge in [0.1, 0.15) is 10.8 Å². The van der Waals surface area contributed by atoms with Crippen LogP contribution in [-0.2, 0) is 0 Å². The minimum Gasteiger partial charge on any atom is -0.493 e. The van der Waals surface area contributed by atoms with Crippen LogP contribution in [0.15, 0.2) is 22.7 Å². The number of amides is 2. The van der Waals surface area contributed by atoms with Crippen molar-refractivity contribution in [3.05, 3.63) is 44.2 Å². The Morgan fingerprint density at radius 2 is 2.04 bits per heavy atom. The molecule has 1 aromatic carbocycles. The first kappa shape index (κ1) is 20.3. The van der Waals surface area contributed by atoms with Crippen LogP contribution in [0.1, 0.15) is 38.1 Å². The summed E-state index contributed by atoms with van der Waals surface area (Å²) in [5, 5.41) is 6.08. The quantitative estimate of drug-likeness (QED) is 0.596. The predicted molar refractivity (Wildman–Crippen MR) is 111 cm³/mol. The van der Waals surface area contributed by atoms with Gasteiger partial charge in [-0.3, -0.25) is 14.9 Å². The molecule has 1 heterocycles. The molecule has 0 spiro atoms. The number of carbonyl (C=O) groups is 2. The second kappa shape index (κ2) is 8.61. The highest BCUT2D eigenvalue weighted by molar-refractivity contribution is 9.10. The fourth-order valence-electron chi connectivity index (χ4n) is 2.24. The minimum atomic E-state index is -0.543. The van der Waals surface area contributed by atoms with E-state index in [-0.39, 0.29) is 11.0 Å². The van der Waals surface area contributed by atoms with E-state index in [1.165, 1.54) is 11.3 Å². The third kappa shape index (κ3) is 4.60. The number of nitrogens with one attached hydrogen (secondary N) is 2. The highest BCUT2D eigenvalue weighted by Gasteiger charge is 2.19. The number of hydrogen-bond donors (Lipinski definition) is 3. The number of carbonyl (C=O) groups excluding carboxylic acids is 2. The number of benzene rings is 1. The number of anilines is 1. The SMILES string of the molecule is CCOc1ccc(C(=O)NC(=S)Nc2sc(C)c(C)c2C(N)=O)cc1Br. The van der Waals surface area contributed by atoms with Gasteiger partial charge in [0.2, 0.25) is 0 Å². The van der Waals surface area contributed by atoms with Crippen molar-refractivity contribution in [3.8, 4) is 5.75 Å². The summed E-state index contributed by atoms with van der Waals surface area (Å²) in [6.07, 6.45) is 0. The molecule has 0 aliphatic rings. The lowest BCUT2D eigenvalue weighted by Gasteiger charge is -2.11. The highest BCUT2D eigenvalue weighted by Crippen LogP contribution is 2.32. The fourth-order valence-corrected chi connectivity index (χ4v) is 4.06. The van der Waals surface area contributed by atoms with Gasteiger partial charge in [-0.25, -0.2) is 0 Å². The van der Waals surface area contributed by atoms with E-state index in [0.717, 1.165) is 10.4 Å². The number of primary amides is 1. The molecule has 0 aliphatic carbocycles. The van der Waals surface area contributed by atoms with Crippen LogP contribution in [0.5, 0.6) is 5.75 Å². The van der Waals surface area contributed by atoms with Crippen molar-refractivity contribution in [2.45, 2.75) is 20.8 Å². The Morgan fingerprint density at radius 3 is 2.62 bits per heavy atom. The molecule has 2 amide bonds. The smallest absolute Gasteiger partial charge is 0.257 e. The van der Waals surface area contributed by atoms with Gasteiger partial charge in [0.15, 0.2) is 5.11 Å². The van der Waals surface area contributed by atoms with E-state index < -0.39 is 5.91 Å². The van der Waals surface area contributed by atoms with Crippen molar-refractivity contribution in [2.24, 2.45) is 5.73 Å². The third-order valence-corrected chi connectivity index (χ3v) is 5.53. The monoisotopic (exact) mass is 455 g/mol. The Morgan fingerprint density at radius 1 is 1.35 bits per heavy atom. The number of hydrogen-bond acceptors (Lipinski definition) is 5. The molecule has 0 saturated carbocycles. The molecule has 0 unspecified atom stereocenters. The first-order valence-electron chi connectivity index (χ1n) is 7.69. The predicted octanol–water partition coefficient (Wildman–Crippen LogP) is 3.75. The minimum absolute atomic E-state index is 0.0868. The topological polar surface area (TPSA) is 93.4 Å². The Bertz CT molecular complexity index is 880. The van der Waals surface area contributed by atoms with Crippen LogP contribution in [0.3, 0.4) is 0 Å². The molecular weight excluding hydrogens is 438 g/mol. The zero-order valence-electron chi connectivity index (χ0n) is 14.4. The Balaban J connectivity index is 2.11. The molecule has 9 heteroatoms. The van der Waals surface area contributed by atoms with Gasteiger partial charge in [-0.1, -0.05) is 0 Å². The van der Waals surface area contributed by atoms with Gasteiger partial charge >= 0.3 is 0 Å². The number of halogens is 1. The van der Waals surface area contributed by atoms with Gasteiger partial charge in [-0.2, -0.15) is 0 Å². The highest BCUT2D eigenvalue weighted by atomic mass is 79.9. The molecule has 0 atom stereocenters. The van der Waals surface area contributed by atoms with Crippen molar-refractivity contribution in [1.29, 1.82) is 0 Å². The summed E-state index contributed by atoms with van der Waals surface area (Å²) in [5.41, 5.74) is 7.03. The molecule has 26 heavy (non-hydrogen) atoms. The maximum atomic E-state index is 12.4. The van der Waals surface area contributed by atoms with Crippen LogP contribution in [0.2, 0.25) is 0 Å². The molecular formula is C17H18BrN3O3S2. The van der Waals surface area contributed by atoms with Crippen LogP contribution in [0, 0.1) is 13.8 Å². The first-order chi connectivity index (χ1) is 12.2. The maximum absolute atomic E-state index is 12.4. The van der Waals surface area contributed by atoms with Crippen LogP contribution in [0.25, 0.3) is 0 Å². The standard InChI is InChI=1S/C17H18BrN3O3S2/c1-4-24-12-6-5-10(7-11(12)18)15(23)20-17(25)21-16-13(14(19)22)8(2)9(3)26-16/h5-7H,4H2,1-3H3,(H2,19,22)(H2,20,21,23,25). The lowest BCUT2D eigenvalue weighted by Crippen LogP contribution is -2.34. The molecule has 138 valence electrons. The lowest BCUT2D eigenvalue weighted by atomic mass is 10.1. The Hall–Kier alpha value is -1.97. The average Bonchev–Trinajstić information content (AvgIpc) is 2.83. The number of thiophene rings is 1. The number of thiocarbonyl (C=S) groups is 1. The van der Waals surface area contributed by atoms with E-state index in [2.05, 4.69) is 26.6 Å². The summed E-state index contributed by atoms with van der Waals surface area (Å²) in [5.74, 6) is -0.267. The number of rotatable bonds is 5. The van der Waals surface area contributed by atoms with Crippen LogP contribution in [0.4, 0.5) is 5.00 Å². The third-order valence-electron chi connectivity index (χ3n) is 3.58. The molecule has 2 aromatic rings. The van der Waals surface area contributed by atoms with Crippen LogP contribution < -0.4 is 21.1 Å². The molecule has 0 saturated heterocycles. The Labute approximate surface area is 169 Å². The van der Waals surface area contributed by atoms with Gasteiger partial charge in [0, 0.05) is 10.4 Å². The maximum Gasteiger partial charge on any atom is 0.257 e. The van der Waals surface area contributed by atoms with E-state index >= 15 is 0 Å². The fraction of sp³-hybridized carbons (Fsp3) is 0.235.